The number of hydrogen-bond acceptors (Lipinski definition) is 8. The van der Waals surface area contributed by atoms with E-state index in [1.54, 1.807) is 17.4 Å². The summed E-state index contributed by atoms with van der Waals surface area (Å²) >= 11 is 6.63. The zero-order valence-corrected chi connectivity index (χ0v) is 25.0. The number of anilines is 2. The maximum absolute atomic E-state index is 13.2. The summed E-state index contributed by atoms with van der Waals surface area (Å²) in [6, 6.07) is 6.00. The van der Waals surface area contributed by atoms with Crippen LogP contribution < -0.4 is 15.8 Å². The van der Waals surface area contributed by atoms with Crippen LogP contribution in [0.2, 0.25) is 5.15 Å². The van der Waals surface area contributed by atoms with Crippen LogP contribution in [0.1, 0.15) is 54.5 Å². The Hall–Kier alpha value is -4.43. The van der Waals surface area contributed by atoms with E-state index in [0.717, 1.165) is 31.2 Å². The summed E-state index contributed by atoms with van der Waals surface area (Å²) in [5, 5.41) is 2.62. The van der Waals surface area contributed by atoms with Crippen molar-refractivity contribution in [2.75, 3.05) is 30.8 Å². The van der Waals surface area contributed by atoms with Crippen LogP contribution in [0.5, 0.6) is 5.75 Å². The first-order valence-electron chi connectivity index (χ1n) is 14.3. The molecule has 4 heterocycles. The van der Waals surface area contributed by atoms with Gasteiger partial charge in [0.15, 0.2) is 0 Å². The van der Waals surface area contributed by atoms with Crippen LogP contribution in [0.25, 0.3) is 16.8 Å². The highest BCUT2D eigenvalue weighted by atomic mass is 35.5. The van der Waals surface area contributed by atoms with Crippen LogP contribution >= 0.6 is 11.6 Å². The SMILES string of the molecule is CCOc1cc(C(=O)Nc2cc(C(F)(F)F)ccn2)ccc1-c1nc([C@H]2CN(C(=O)C3CC3)[C@@H](C)CO2)n2c(Cl)cnc(N)c12. The fraction of sp³-hybridized carbons (Fsp3) is 0.367. The van der Waals surface area contributed by atoms with E-state index in [4.69, 9.17) is 31.8 Å². The van der Waals surface area contributed by atoms with Crippen molar-refractivity contribution < 1.29 is 32.2 Å². The number of aromatic nitrogens is 4. The number of pyridine rings is 1. The van der Waals surface area contributed by atoms with Crippen molar-refractivity contribution in [2.24, 2.45) is 5.92 Å². The van der Waals surface area contributed by atoms with Crippen LogP contribution in [-0.4, -0.2) is 61.9 Å². The smallest absolute Gasteiger partial charge is 0.416 e. The van der Waals surface area contributed by atoms with Crippen molar-refractivity contribution in [3.05, 3.63) is 64.8 Å². The molecule has 1 aliphatic heterocycles. The molecule has 1 aromatic carbocycles. The number of nitrogens with zero attached hydrogens (tertiary/aromatic N) is 5. The second kappa shape index (κ2) is 11.8. The second-order valence-corrected chi connectivity index (χ2v) is 11.3. The minimum absolute atomic E-state index is 0.0380. The van der Waals surface area contributed by atoms with Gasteiger partial charge in [0.2, 0.25) is 5.91 Å². The first kappa shape index (κ1) is 30.6. The molecular weight excluding hydrogens is 615 g/mol. The molecule has 2 aliphatic rings. The molecule has 2 fully saturated rings. The van der Waals surface area contributed by atoms with Crippen molar-refractivity contribution in [1.29, 1.82) is 0 Å². The number of nitrogens with one attached hydrogen (secondary N) is 1. The van der Waals surface area contributed by atoms with Crippen molar-refractivity contribution in [2.45, 2.75) is 45.0 Å². The van der Waals surface area contributed by atoms with Gasteiger partial charge in [-0.05, 0) is 57.0 Å². The molecule has 15 heteroatoms. The lowest BCUT2D eigenvalue weighted by molar-refractivity contribution is -0.146. The summed E-state index contributed by atoms with van der Waals surface area (Å²) in [5.74, 6) is -0.0161. The van der Waals surface area contributed by atoms with E-state index in [9.17, 15) is 22.8 Å². The topological polar surface area (TPSA) is 137 Å². The van der Waals surface area contributed by atoms with Crippen molar-refractivity contribution in [1.82, 2.24) is 24.3 Å². The Bertz CT molecular complexity index is 1790. The number of carbonyl (C=O) groups excluding carboxylic acids is 2. The summed E-state index contributed by atoms with van der Waals surface area (Å²) in [4.78, 5) is 40.9. The molecule has 3 N–H and O–H groups in total. The summed E-state index contributed by atoms with van der Waals surface area (Å²) in [6.07, 6.45) is -1.09. The van der Waals surface area contributed by atoms with E-state index in [-0.39, 0.29) is 59.1 Å². The number of halogens is 4. The fourth-order valence-corrected chi connectivity index (χ4v) is 5.54. The normalized spacial score (nSPS) is 18.7. The molecule has 1 aliphatic carbocycles. The molecule has 4 aromatic rings. The molecule has 0 radical (unpaired) electrons. The van der Waals surface area contributed by atoms with Gasteiger partial charge in [-0.25, -0.2) is 15.0 Å². The molecular formula is C30H29ClF3N7O4. The third-order valence-electron chi connectivity index (χ3n) is 7.73. The zero-order chi connectivity index (χ0) is 32.0. The summed E-state index contributed by atoms with van der Waals surface area (Å²) in [7, 11) is 0. The summed E-state index contributed by atoms with van der Waals surface area (Å²) in [5.41, 5.74) is 6.71. The highest BCUT2D eigenvalue weighted by molar-refractivity contribution is 6.30. The minimum atomic E-state index is -4.59. The molecule has 1 saturated carbocycles. The zero-order valence-electron chi connectivity index (χ0n) is 24.3. The predicted molar refractivity (Wildman–Crippen MR) is 159 cm³/mol. The average Bonchev–Trinajstić information content (AvgIpc) is 3.78. The number of rotatable bonds is 7. The molecule has 2 atom stereocenters. The number of nitrogen functional groups attached to an aromatic ring is 1. The van der Waals surface area contributed by atoms with E-state index in [0.29, 0.717) is 29.2 Å². The number of ether oxygens (including phenoxy) is 2. The average molecular weight is 644 g/mol. The monoisotopic (exact) mass is 643 g/mol. The molecule has 0 spiro atoms. The molecule has 45 heavy (non-hydrogen) atoms. The Balaban J connectivity index is 1.38. The van der Waals surface area contributed by atoms with Gasteiger partial charge in [0.1, 0.15) is 45.7 Å². The molecule has 2 amide bonds. The van der Waals surface area contributed by atoms with Gasteiger partial charge in [0.25, 0.3) is 5.91 Å². The van der Waals surface area contributed by atoms with Crippen LogP contribution in [0, 0.1) is 5.92 Å². The molecule has 6 rings (SSSR count). The maximum atomic E-state index is 13.2. The number of morpholine rings is 1. The van der Waals surface area contributed by atoms with E-state index in [2.05, 4.69) is 15.3 Å². The lowest BCUT2D eigenvalue weighted by Gasteiger charge is -2.37. The quantitative estimate of drug-likeness (QED) is 0.273. The van der Waals surface area contributed by atoms with Crippen molar-refractivity contribution in [3.8, 4) is 17.0 Å². The summed E-state index contributed by atoms with van der Waals surface area (Å²) < 4.78 is 53.1. The minimum Gasteiger partial charge on any atom is -0.493 e. The number of nitrogens with two attached hydrogens (primary N) is 1. The van der Waals surface area contributed by atoms with Gasteiger partial charge in [0.05, 0.1) is 37.6 Å². The van der Waals surface area contributed by atoms with Crippen LogP contribution in [0.3, 0.4) is 0 Å². The largest absolute Gasteiger partial charge is 0.493 e. The predicted octanol–water partition coefficient (Wildman–Crippen LogP) is 5.40. The van der Waals surface area contributed by atoms with Crippen LogP contribution in [-0.2, 0) is 15.7 Å². The third-order valence-corrected chi connectivity index (χ3v) is 7.99. The Labute approximate surface area is 260 Å². The van der Waals surface area contributed by atoms with E-state index >= 15 is 0 Å². The number of carbonyl (C=O) groups is 2. The van der Waals surface area contributed by atoms with E-state index < -0.39 is 23.8 Å². The standard InChI is InChI=1S/C30H29ClF3N7O4/c1-3-44-20-10-17(28(42)38-23-11-18(8-9-36-23)30(32,33)34)6-7-19(20)24-25-26(35)37-12-22(31)41(25)27(39-24)21-13-40(15(2)14-45-21)29(43)16-4-5-16/h6-12,15-16,21H,3-5,13-14H2,1-2H3,(H2,35,37)(H,36,38,42)/t15-,21+/m0/s1. The highest BCUT2D eigenvalue weighted by Crippen LogP contribution is 2.40. The Morgan fingerprint density at radius 3 is 2.69 bits per heavy atom. The molecule has 3 aromatic heterocycles. The lowest BCUT2D eigenvalue weighted by atomic mass is 10.1. The number of amides is 2. The number of alkyl halides is 3. The number of hydrogen-bond donors (Lipinski definition) is 2. The fourth-order valence-electron chi connectivity index (χ4n) is 5.32. The molecule has 11 nitrogen and oxygen atoms in total. The Morgan fingerprint density at radius 2 is 1.98 bits per heavy atom. The first-order valence-corrected chi connectivity index (χ1v) is 14.7. The van der Waals surface area contributed by atoms with Gasteiger partial charge in [-0.3, -0.25) is 14.0 Å². The highest BCUT2D eigenvalue weighted by Gasteiger charge is 2.40. The van der Waals surface area contributed by atoms with E-state index in [1.807, 2.05) is 11.8 Å². The third kappa shape index (κ3) is 5.99. The van der Waals surface area contributed by atoms with Crippen molar-refractivity contribution in [3.63, 3.8) is 0 Å². The van der Waals surface area contributed by atoms with Crippen LogP contribution in [0.15, 0.2) is 42.7 Å². The van der Waals surface area contributed by atoms with Gasteiger partial charge in [-0.2, -0.15) is 13.2 Å². The Morgan fingerprint density at radius 1 is 1.20 bits per heavy atom. The van der Waals surface area contributed by atoms with Gasteiger partial charge in [-0.15, -0.1) is 0 Å². The molecule has 0 unspecified atom stereocenters. The van der Waals surface area contributed by atoms with Gasteiger partial charge < -0.3 is 25.4 Å². The molecule has 236 valence electrons. The van der Waals surface area contributed by atoms with Crippen LogP contribution in [0.4, 0.5) is 24.8 Å². The molecule has 1 saturated heterocycles. The van der Waals surface area contributed by atoms with Gasteiger partial charge in [-0.1, -0.05) is 11.6 Å². The van der Waals surface area contributed by atoms with Crippen molar-refractivity contribution >= 4 is 40.6 Å². The van der Waals surface area contributed by atoms with Gasteiger partial charge in [0, 0.05) is 23.2 Å². The maximum Gasteiger partial charge on any atom is 0.416 e. The summed E-state index contributed by atoms with van der Waals surface area (Å²) in [6.45, 7) is 4.50. The number of imidazole rings is 1. The lowest BCUT2D eigenvalue weighted by Crippen LogP contribution is -2.49. The number of benzene rings is 1. The molecule has 0 bridgehead atoms. The number of fused-ring (bicyclic) bond motifs is 1. The second-order valence-electron chi connectivity index (χ2n) is 10.9. The Kier molecular flexibility index (Phi) is 8.04. The van der Waals surface area contributed by atoms with Gasteiger partial charge >= 0.3 is 6.18 Å². The first-order chi connectivity index (χ1) is 21.5. The van der Waals surface area contributed by atoms with E-state index in [1.165, 1.54) is 18.3 Å².